The van der Waals surface area contributed by atoms with Crippen LogP contribution in [0, 0.1) is 5.82 Å². The molecule has 0 saturated carbocycles. The maximum absolute atomic E-state index is 13.0. The number of hydrogen-bond acceptors (Lipinski definition) is 3. The lowest BCUT2D eigenvalue weighted by atomic mass is 10.2. The Kier molecular flexibility index (Phi) is 3.39. The van der Waals surface area contributed by atoms with Gasteiger partial charge in [0.15, 0.2) is 5.76 Å². The quantitative estimate of drug-likeness (QED) is 0.683. The summed E-state index contributed by atoms with van der Waals surface area (Å²) in [6.07, 6.45) is 0. The third kappa shape index (κ3) is 2.75. The molecule has 0 spiro atoms. The SMILES string of the molecule is Nc1ccc2oc(C(=O)Nc3ccc(F)cc3Br)cc2c1. The number of halogens is 2. The van der Waals surface area contributed by atoms with Gasteiger partial charge in [-0.1, -0.05) is 0 Å². The molecule has 0 radical (unpaired) electrons. The van der Waals surface area contributed by atoms with Crippen LogP contribution in [0.4, 0.5) is 15.8 Å². The zero-order chi connectivity index (χ0) is 15.0. The van der Waals surface area contributed by atoms with E-state index in [0.717, 1.165) is 5.39 Å². The minimum Gasteiger partial charge on any atom is -0.451 e. The molecule has 6 heteroatoms. The number of fused-ring (bicyclic) bond motifs is 1. The molecule has 3 aromatic rings. The van der Waals surface area contributed by atoms with Gasteiger partial charge in [-0.05, 0) is 58.4 Å². The lowest BCUT2D eigenvalue weighted by molar-refractivity contribution is 0.0998. The number of amides is 1. The fraction of sp³-hybridized carbons (Fsp3) is 0. The fourth-order valence-electron chi connectivity index (χ4n) is 1.95. The van der Waals surface area contributed by atoms with E-state index in [1.165, 1.54) is 18.2 Å². The smallest absolute Gasteiger partial charge is 0.291 e. The van der Waals surface area contributed by atoms with Crippen molar-refractivity contribution in [3.63, 3.8) is 0 Å². The first-order valence-electron chi connectivity index (χ1n) is 6.08. The van der Waals surface area contributed by atoms with Gasteiger partial charge in [0, 0.05) is 15.5 Å². The molecule has 0 aliphatic carbocycles. The molecule has 4 nitrogen and oxygen atoms in total. The number of carbonyl (C=O) groups excluding carboxylic acids is 1. The number of benzene rings is 2. The highest BCUT2D eigenvalue weighted by atomic mass is 79.9. The van der Waals surface area contributed by atoms with Crippen LogP contribution in [0.25, 0.3) is 11.0 Å². The summed E-state index contributed by atoms with van der Waals surface area (Å²) in [6, 6.07) is 10.7. The summed E-state index contributed by atoms with van der Waals surface area (Å²) in [5.41, 5.74) is 7.31. The Balaban J connectivity index is 1.89. The average molecular weight is 349 g/mol. The van der Waals surface area contributed by atoms with Gasteiger partial charge in [0.2, 0.25) is 0 Å². The van der Waals surface area contributed by atoms with Crippen molar-refractivity contribution in [3.05, 3.63) is 58.5 Å². The molecule has 2 aromatic carbocycles. The fourth-order valence-corrected chi connectivity index (χ4v) is 2.40. The number of nitrogens with two attached hydrogens (primary N) is 1. The average Bonchev–Trinajstić information content (AvgIpc) is 2.85. The van der Waals surface area contributed by atoms with E-state index >= 15 is 0 Å². The van der Waals surface area contributed by atoms with Crippen LogP contribution >= 0.6 is 15.9 Å². The molecule has 0 fully saturated rings. The van der Waals surface area contributed by atoms with Crippen molar-refractivity contribution in [1.29, 1.82) is 0 Å². The van der Waals surface area contributed by atoms with Crippen molar-refractivity contribution in [2.75, 3.05) is 11.1 Å². The van der Waals surface area contributed by atoms with Gasteiger partial charge in [-0.3, -0.25) is 4.79 Å². The van der Waals surface area contributed by atoms with Gasteiger partial charge in [-0.2, -0.15) is 0 Å². The van der Waals surface area contributed by atoms with Crippen LogP contribution in [0.2, 0.25) is 0 Å². The lowest BCUT2D eigenvalue weighted by Gasteiger charge is -2.05. The molecule has 1 amide bonds. The highest BCUT2D eigenvalue weighted by Crippen LogP contribution is 2.26. The van der Waals surface area contributed by atoms with Gasteiger partial charge in [-0.25, -0.2) is 4.39 Å². The van der Waals surface area contributed by atoms with Gasteiger partial charge in [-0.15, -0.1) is 0 Å². The third-order valence-electron chi connectivity index (χ3n) is 2.94. The van der Waals surface area contributed by atoms with E-state index < -0.39 is 5.91 Å². The summed E-state index contributed by atoms with van der Waals surface area (Å²) in [4.78, 5) is 12.2. The van der Waals surface area contributed by atoms with Crippen LogP contribution in [0.3, 0.4) is 0 Å². The maximum atomic E-state index is 13.0. The second-order valence-corrected chi connectivity index (χ2v) is 5.34. The second-order valence-electron chi connectivity index (χ2n) is 4.49. The van der Waals surface area contributed by atoms with Gasteiger partial charge < -0.3 is 15.5 Å². The van der Waals surface area contributed by atoms with Gasteiger partial charge in [0.1, 0.15) is 11.4 Å². The number of hydrogen-bond donors (Lipinski definition) is 2. The number of rotatable bonds is 2. The second kappa shape index (κ2) is 5.21. The van der Waals surface area contributed by atoms with Crippen LogP contribution in [-0.2, 0) is 0 Å². The Morgan fingerprint density at radius 2 is 2.00 bits per heavy atom. The summed E-state index contributed by atoms with van der Waals surface area (Å²) in [5, 5.41) is 3.40. The summed E-state index contributed by atoms with van der Waals surface area (Å²) >= 11 is 3.19. The minimum atomic E-state index is -0.419. The number of nitrogen functional groups attached to an aromatic ring is 1. The Labute approximate surface area is 127 Å². The molecule has 0 aliphatic heterocycles. The normalized spacial score (nSPS) is 10.8. The standard InChI is InChI=1S/C15H10BrFN2O2/c16-11-7-9(17)1-3-12(11)19-15(20)14-6-8-5-10(18)2-4-13(8)21-14/h1-7H,18H2,(H,19,20). The van der Waals surface area contributed by atoms with Crippen molar-refractivity contribution in [2.24, 2.45) is 0 Å². The summed E-state index contributed by atoms with van der Waals surface area (Å²) < 4.78 is 18.9. The lowest BCUT2D eigenvalue weighted by Crippen LogP contribution is -2.11. The Morgan fingerprint density at radius 1 is 1.19 bits per heavy atom. The van der Waals surface area contributed by atoms with E-state index in [1.807, 2.05) is 0 Å². The van der Waals surface area contributed by atoms with Gasteiger partial charge >= 0.3 is 0 Å². The van der Waals surface area contributed by atoms with Crippen LogP contribution in [0.15, 0.2) is 51.4 Å². The Morgan fingerprint density at radius 3 is 2.76 bits per heavy atom. The van der Waals surface area contributed by atoms with E-state index in [2.05, 4.69) is 21.2 Å². The molecule has 1 aromatic heterocycles. The third-order valence-corrected chi connectivity index (χ3v) is 3.60. The largest absolute Gasteiger partial charge is 0.451 e. The number of anilines is 2. The molecule has 0 atom stereocenters. The predicted molar refractivity (Wildman–Crippen MR) is 82.7 cm³/mol. The van der Waals surface area contributed by atoms with Crippen molar-refractivity contribution in [3.8, 4) is 0 Å². The molecule has 21 heavy (non-hydrogen) atoms. The summed E-state index contributed by atoms with van der Waals surface area (Å²) in [5.74, 6) is -0.650. The Hall–Kier alpha value is -2.34. The summed E-state index contributed by atoms with van der Waals surface area (Å²) in [7, 11) is 0. The molecule has 0 unspecified atom stereocenters. The van der Waals surface area contributed by atoms with Crippen molar-refractivity contribution >= 4 is 44.2 Å². The molecular formula is C15H10BrFN2O2. The monoisotopic (exact) mass is 348 g/mol. The van der Waals surface area contributed by atoms with E-state index in [0.29, 0.717) is 21.4 Å². The molecule has 3 rings (SSSR count). The predicted octanol–water partition coefficient (Wildman–Crippen LogP) is 4.17. The van der Waals surface area contributed by atoms with Crippen LogP contribution < -0.4 is 11.1 Å². The van der Waals surface area contributed by atoms with E-state index in [-0.39, 0.29) is 11.6 Å². The van der Waals surface area contributed by atoms with Gasteiger partial charge in [0.05, 0.1) is 5.69 Å². The highest BCUT2D eigenvalue weighted by molar-refractivity contribution is 9.10. The molecule has 0 saturated heterocycles. The molecule has 0 bridgehead atoms. The highest BCUT2D eigenvalue weighted by Gasteiger charge is 2.14. The van der Waals surface area contributed by atoms with Gasteiger partial charge in [0.25, 0.3) is 5.91 Å². The van der Waals surface area contributed by atoms with Crippen molar-refractivity contribution < 1.29 is 13.6 Å². The topological polar surface area (TPSA) is 68.3 Å². The first-order valence-corrected chi connectivity index (χ1v) is 6.88. The molecule has 0 aliphatic rings. The van der Waals surface area contributed by atoms with E-state index in [1.54, 1.807) is 24.3 Å². The van der Waals surface area contributed by atoms with Crippen LogP contribution in [0.1, 0.15) is 10.6 Å². The molecule has 1 heterocycles. The minimum absolute atomic E-state index is 0.159. The number of nitrogens with one attached hydrogen (secondary N) is 1. The van der Waals surface area contributed by atoms with Crippen LogP contribution in [-0.4, -0.2) is 5.91 Å². The zero-order valence-electron chi connectivity index (χ0n) is 10.7. The molecule has 3 N–H and O–H groups in total. The van der Waals surface area contributed by atoms with Crippen molar-refractivity contribution in [2.45, 2.75) is 0 Å². The Bertz CT molecular complexity index is 845. The zero-order valence-corrected chi connectivity index (χ0v) is 12.3. The summed E-state index contributed by atoms with van der Waals surface area (Å²) in [6.45, 7) is 0. The molecule has 106 valence electrons. The maximum Gasteiger partial charge on any atom is 0.291 e. The van der Waals surface area contributed by atoms with E-state index in [9.17, 15) is 9.18 Å². The first-order chi connectivity index (χ1) is 10.0. The van der Waals surface area contributed by atoms with Crippen molar-refractivity contribution in [1.82, 2.24) is 0 Å². The first kappa shape index (κ1) is 13.6. The van der Waals surface area contributed by atoms with Crippen LogP contribution in [0.5, 0.6) is 0 Å². The number of furan rings is 1. The number of carbonyl (C=O) groups is 1. The van der Waals surface area contributed by atoms with E-state index in [4.69, 9.17) is 10.2 Å². The molecular weight excluding hydrogens is 339 g/mol.